The molecule has 1 fully saturated rings. The summed E-state index contributed by atoms with van der Waals surface area (Å²) in [6.07, 6.45) is 9.03. The molecule has 0 N–H and O–H groups in total. The Morgan fingerprint density at radius 3 is 2.50 bits per heavy atom. The van der Waals surface area contributed by atoms with E-state index in [0.29, 0.717) is 11.6 Å². The number of hydrogen-bond donors (Lipinski definition) is 0. The topological polar surface area (TPSA) is 34.9 Å². The van der Waals surface area contributed by atoms with Crippen molar-refractivity contribution >= 4 is 6.29 Å². The third-order valence-corrected chi connectivity index (χ3v) is 4.16. The molecule has 0 bridgehead atoms. The van der Waals surface area contributed by atoms with Crippen LogP contribution in [0.3, 0.4) is 0 Å². The van der Waals surface area contributed by atoms with Crippen molar-refractivity contribution in [3.8, 4) is 11.3 Å². The normalized spacial score (nSPS) is 16.2. The molecule has 0 saturated heterocycles. The molecule has 0 aliphatic heterocycles. The lowest BCUT2D eigenvalue weighted by Crippen LogP contribution is -2.13. The van der Waals surface area contributed by atoms with Crippen LogP contribution < -0.4 is 0 Å². The fraction of sp³-hybridized carbons (Fsp3) is 0.412. The average molecular weight is 268 g/mol. The second-order valence-corrected chi connectivity index (χ2v) is 5.69. The molecule has 0 amide bonds. The smallest absolute Gasteiger partial charge is 0.153 e. The van der Waals surface area contributed by atoms with Crippen LogP contribution in [-0.2, 0) is 0 Å². The first-order valence-electron chi connectivity index (χ1n) is 7.39. The van der Waals surface area contributed by atoms with Gasteiger partial charge >= 0.3 is 0 Å². The molecule has 3 heteroatoms. The predicted molar refractivity (Wildman–Crippen MR) is 79.9 cm³/mol. The highest BCUT2D eigenvalue weighted by atomic mass is 16.1. The van der Waals surface area contributed by atoms with E-state index in [9.17, 15) is 4.79 Å². The summed E-state index contributed by atoms with van der Waals surface area (Å²) in [7, 11) is 0. The van der Waals surface area contributed by atoms with Crippen LogP contribution in [0.4, 0.5) is 0 Å². The quantitative estimate of drug-likeness (QED) is 0.783. The van der Waals surface area contributed by atoms with Gasteiger partial charge in [0, 0.05) is 11.8 Å². The summed E-state index contributed by atoms with van der Waals surface area (Å²) in [5.41, 5.74) is 3.74. The second kappa shape index (κ2) is 5.61. The number of carbonyl (C=O) groups is 1. The predicted octanol–water partition coefficient (Wildman–Crippen LogP) is 4.18. The Kier molecular flexibility index (Phi) is 3.68. The largest absolute Gasteiger partial charge is 0.298 e. The Morgan fingerprint density at radius 2 is 1.85 bits per heavy atom. The van der Waals surface area contributed by atoms with Gasteiger partial charge in [0.15, 0.2) is 6.29 Å². The minimum atomic E-state index is 0.460. The van der Waals surface area contributed by atoms with Crippen molar-refractivity contribution in [1.82, 2.24) is 9.78 Å². The van der Waals surface area contributed by atoms with Gasteiger partial charge < -0.3 is 0 Å². The second-order valence-electron chi connectivity index (χ2n) is 5.69. The molecule has 0 unspecified atom stereocenters. The van der Waals surface area contributed by atoms with E-state index in [4.69, 9.17) is 5.10 Å². The summed E-state index contributed by atoms with van der Waals surface area (Å²) in [4.78, 5) is 11.3. The lowest BCUT2D eigenvalue weighted by atomic mass is 9.96. The molecule has 3 rings (SSSR count). The highest BCUT2D eigenvalue weighted by Gasteiger charge is 2.19. The van der Waals surface area contributed by atoms with Gasteiger partial charge in [-0.1, -0.05) is 49.1 Å². The van der Waals surface area contributed by atoms with Crippen molar-refractivity contribution in [1.29, 1.82) is 0 Å². The van der Waals surface area contributed by atoms with Crippen molar-refractivity contribution < 1.29 is 4.79 Å². The average Bonchev–Trinajstić information content (AvgIpc) is 2.93. The zero-order valence-corrected chi connectivity index (χ0v) is 11.9. The molecule has 1 aliphatic rings. The molecular weight excluding hydrogens is 248 g/mol. The van der Waals surface area contributed by atoms with Crippen molar-refractivity contribution in [2.45, 2.75) is 45.1 Å². The Labute approximate surface area is 119 Å². The first kappa shape index (κ1) is 13.1. The molecule has 20 heavy (non-hydrogen) atoms. The monoisotopic (exact) mass is 268 g/mol. The number of aldehydes is 1. The first-order chi connectivity index (χ1) is 9.78. The van der Waals surface area contributed by atoms with Gasteiger partial charge in [-0.2, -0.15) is 5.10 Å². The maximum atomic E-state index is 11.3. The lowest BCUT2D eigenvalue weighted by molar-refractivity contribution is 0.112. The Hall–Kier alpha value is -1.90. The number of nitrogens with zero attached hydrogens (tertiary/aromatic N) is 2. The Morgan fingerprint density at radius 1 is 1.15 bits per heavy atom. The summed E-state index contributed by atoms with van der Waals surface area (Å²) in [6.45, 7) is 2.06. The number of benzene rings is 1. The van der Waals surface area contributed by atoms with Crippen LogP contribution in [0.1, 0.15) is 54.1 Å². The van der Waals surface area contributed by atoms with E-state index >= 15 is 0 Å². The van der Waals surface area contributed by atoms with Crippen LogP contribution in [0.5, 0.6) is 0 Å². The number of aromatic nitrogens is 2. The SMILES string of the molecule is Cc1ccc(-c2nn(C3CCCCC3)cc2C=O)cc1. The van der Waals surface area contributed by atoms with Gasteiger partial charge in [-0.15, -0.1) is 0 Å². The van der Waals surface area contributed by atoms with Gasteiger partial charge in [0.25, 0.3) is 0 Å². The van der Waals surface area contributed by atoms with Crippen LogP contribution in [0.2, 0.25) is 0 Å². The van der Waals surface area contributed by atoms with E-state index < -0.39 is 0 Å². The molecule has 0 radical (unpaired) electrons. The molecule has 1 aromatic carbocycles. The summed E-state index contributed by atoms with van der Waals surface area (Å²) in [5.74, 6) is 0. The van der Waals surface area contributed by atoms with Gasteiger partial charge in [-0.25, -0.2) is 0 Å². The van der Waals surface area contributed by atoms with Gasteiger partial charge in [0.05, 0.1) is 11.6 Å². The molecule has 1 heterocycles. The van der Waals surface area contributed by atoms with Crippen LogP contribution in [0.25, 0.3) is 11.3 Å². The molecule has 0 atom stereocenters. The highest BCUT2D eigenvalue weighted by molar-refractivity contribution is 5.85. The van der Waals surface area contributed by atoms with Gasteiger partial charge in [0.2, 0.25) is 0 Å². The number of hydrogen-bond acceptors (Lipinski definition) is 2. The molecule has 3 nitrogen and oxygen atoms in total. The van der Waals surface area contributed by atoms with E-state index in [2.05, 4.69) is 19.1 Å². The van der Waals surface area contributed by atoms with Crippen LogP contribution in [0.15, 0.2) is 30.5 Å². The Bertz CT molecular complexity index is 592. The fourth-order valence-corrected chi connectivity index (χ4v) is 2.96. The van der Waals surface area contributed by atoms with E-state index in [0.717, 1.165) is 17.5 Å². The number of carbonyl (C=O) groups excluding carboxylic acids is 1. The van der Waals surface area contributed by atoms with Crippen molar-refractivity contribution in [2.24, 2.45) is 0 Å². The zero-order valence-electron chi connectivity index (χ0n) is 11.9. The molecule has 0 spiro atoms. The van der Waals surface area contributed by atoms with Crippen LogP contribution in [0, 0.1) is 6.92 Å². The molecule has 1 saturated carbocycles. The van der Waals surface area contributed by atoms with E-state index in [1.807, 2.05) is 23.0 Å². The fourth-order valence-electron chi connectivity index (χ4n) is 2.96. The van der Waals surface area contributed by atoms with Gasteiger partial charge in [-0.3, -0.25) is 9.48 Å². The molecule has 2 aromatic rings. The third-order valence-electron chi connectivity index (χ3n) is 4.16. The summed E-state index contributed by atoms with van der Waals surface area (Å²) < 4.78 is 2.01. The molecule has 104 valence electrons. The standard InChI is InChI=1S/C17H20N2O/c1-13-7-9-14(10-8-13)17-15(12-20)11-19(18-17)16-5-3-2-4-6-16/h7-12,16H,2-6H2,1H3. The lowest BCUT2D eigenvalue weighted by Gasteiger charge is -2.21. The van der Waals surface area contributed by atoms with E-state index in [1.54, 1.807) is 0 Å². The summed E-state index contributed by atoms with van der Waals surface area (Å²) in [6, 6.07) is 8.65. The maximum absolute atomic E-state index is 11.3. The van der Waals surface area contributed by atoms with Crippen LogP contribution >= 0.6 is 0 Å². The minimum absolute atomic E-state index is 0.460. The molecule has 1 aliphatic carbocycles. The highest BCUT2D eigenvalue weighted by Crippen LogP contribution is 2.30. The number of rotatable bonds is 3. The van der Waals surface area contributed by atoms with Crippen molar-refractivity contribution in [3.63, 3.8) is 0 Å². The summed E-state index contributed by atoms with van der Waals surface area (Å²) in [5, 5.41) is 4.69. The maximum Gasteiger partial charge on any atom is 0.153 e. The molecular formula is C17H20N2O. The number of aryl methyl sites for hydroxylation is 1. The Balaban J connectivity index is 1.95. The summed E-state index contributed by atoms with van der Waals surface area (Å²) >= 11 is 0. The van der Waals surface area contributed by atoms with Gasteiger partial charge in [-0.05, 0) is 19.8 Å². The third kappa shape index (κ3) is 2.53. The van der Waals surface area contributed by atoms with Crippen molar-refractivity contribution in [2.75, 3.05) is 0 Å². The van der Waals surface area contributed by atoms with Crippen molar-refractivity contribution in [3.05, 3.63) is 41.6 Å². The van der Waals surface area contributed by atoms with Crippen LogP contribution in [-0.4, -0.2) is 16.1 Å². The zero-order chi connectivity index (χ0) is 13.9. The van der Waals surface area contributed by atoms with E-state index in [-0.39, 0.29) is 0 Å². The first-order valence-corrected chi connectivity index (χ1v) is 7.39. The van der Waals surface area contributed by atoms with E-state index in [1.165, 1.54) is 37.7 Å². The van der Waals surface area contributed by atoms with Gasteiger partial charge in [0.1, 0.15) is 5.69 Å². The molecule has 1 aromatic heterocycles. The minimum Gasteiger partial charge on any atom is -0.298 e.